The third-order valence-corrected chi connectivity index (χ3v) is 7.98. The molecule has 1 aromatic rings. The van der Waals surface area contributed by atoms with Crippen molar-refractivity contribution < 1.29 is 14.3 Å². The van der Waals surface area contributed by atoms with Gasteiger partial charge in [0.25, 0.3) is 0 Å². The van der Waals surface area contributed by atoms with E-state index in [0.29, 0.717) is 26.0 Å². The summed E-state index contributed by atoms with van der Waals surface area (Å²) in [5.41, 5.74) is 1.42. The van der Waals surface area contributed by atoms with Gasteiger partial charge in [-0.2, -0.15) is 0 Å². The zero-order valence-corrected chi connectivity index (χ0v) is 18.7. The van der Waals surface area contributed by atoms with Gasteiger partial charge >= 0.3 is 0 Å². The molecule has 0 atom stereocenters. The topological polar surface area (TPSA) is 58.6 Å². The van der Waals surface area contributed by atoms with Gasteiger partial charge in [0.15, 0.2) is 0 Å². The van der Waals surface area contributed by atoms with E-state index < -0.39 is 0 Å². The number of amides is 2. The quantitative estimate of drug-likeness (QED) is 0.470. The molecule has 2 aliphatic heterocycles. The van der Waals surface area contributed by atoms with Crippen LogP contribution in [0.25, 0.3) is 0 Å². The molecule has 3 aliphatic rings. The number of hydrogen-bond donors (Lipinski definition) is 1. The van der Waals surface area contributed by atoms with Crippen LogP contribution in [0.2, 0.25) is 0 Å². The third-order valence-electron chi connectivity index (χ3n) is 6.74. The molecule has 1 saturated heterocycles. The van der Waals surface area contributed by atoms with Gasteiger partial charge in [0, 0.05) is 25.9 Å². The third kappa shape index (κ3) is 5.20. The van der Waals surface area contributed by atoms with E-state index in [4.69, 9.17) is 4.74 Å². The van der Waals surface area contributed by atoms with Gasteiger partial charge in [0.2, 0.25) is 11.8 Å². The predicted octanol–water partition coefficient (Wildman–Crippen LogP) is 4.18. The maximum absolute atomic E-state index is 12.5. The van der Waals surface area contributed by atoms with Crippen LogP contribution in [0.5, 0.6) is 5.75 Å². The molecule has 30 heavy (non-hydrogen) atoms. The molecule has 0 unspecified atom stereocenters. The van der Waals surface area contributed by atoms with Gasteiger partial charge in [-0.3, -0.25) is 14.5 Å². The molecule has 2 fully saturated rings. The fourth-order valence-corrected chi connectivity index (χ4v) is 6.23. The normalized spacial score (nSPS) is 20.6. The monoisotopic (exact) mass is 430 g/mol. The number of carbonyl (C=O) groups is 2. The number of carbonyl (C=O) groups excluding carboxylic acids is 2. The van der Waals surface area contributed by atoms with Gasteiger partial charge in [0.05, 0.1) is 4.90 Å². The van der Waals surface area contributed by atoms with Crippen LogP contribution in [-0.4, -0.2) is 48.7 Å². The van der Waals surface area contributed by atoms with Gasteiger partial charge < -0.3 is 10.1 Å². The van der Waals surface area contributed by atoms with E-state index in [1.807, 2.05) is 11.8 Å². The average Bonchev–Trinajstić information content (AvgIpc) is 3.19. The highest BCUT2D eigenvalue weighted by molar-refractivity contribution is 7.99. The minimum atomic E-state index is 0.00271. The Bertz CT molecular complexity index is 741. The fourth-order valence-electron chi connectivity index (χ4n) is 5.11. The predicted molar refractivity (Wildman–Crippen MR) is 120 cm³/mol. The Morgan fingerprint density at radius 2 is 1.83 bits per heavy atom. The Morgan fingerprint density at radius 3 is 2.63 bits per heavy atom. The zero-order valence-electron chi connectivity index (χ0n) is 17.9. The number of fused-ring (bicyclic) bond motifs is 1. The molecule has 1 aliphatic carbocycles. The van der Waals surface area contributed by atoms with E-state index in [1.54, 1.807) is 0 Å². The van der Waals surface area contributed by atoms with Crippen LogP contribution < -0.4 is 10.1 Å². The van der Waals surface area contributed by atoms with Crippen LogP contribution >= 0.6 is 11.8 Å². The van der Waals surface area contributed by atoms with E-state index in [2.05, 4.69) is 23.5 Å². The first-order chi connectivity index (χ1) is 14.7. The summed E-state index contributed by atoms with van der Waals surface area (Å²) >= 11 is 1.90. The Labute approximate surface area is 184 Å². The lowest BCUT2D eigenvalue weighted by atomic mass is 9.76. The molecule has 2 amide bonds. The van der Waals surface area contributed by atoms with Crippen LogP contribution in [-0.2, 0) is 16.0 Å². The number of aryl methyl sites for hydroxylation is 1. The molecular formula is C24H34N2O3S. The molecule has 1 aromatic carbocycles. The summed E-state index contributed by atoms with van der Waals surface area (Å²) in [6.45, 7) is 2.91. The summed E-state index contributed by atoms with van der Waals surface area (Å²) in [7, 11) is 0. The number of hydrogen-bond acceptors (Lipinski definition) is 5. The van der Waals surface area contributed by atoms with Gasteiger partial charge in [-0.15, -0.1) is 11.8 Å². The summed E-state index contributed by atoms with van der Waals surface area (Å²) in [4.78, 5) is 27.8. The number of nitrogens with one attached hydrogen (secondary N) is 1. The lowest BCUT2D eigenvalue weighted by Gasteiger charge is -2.37. The Morgan fingerprint density at radius 1 is 1.03 bits per heavy atom. The van der Waals surface area contributed by atoms with E-state index in [0.717, 1.165) is 50.9 Å². The highest BCUT2D eigenvalue weighted by atomic mass is 32.2. The minimum Gasteiger partial charge on any atom is -0.491 e. The van der Waals surface area contributed by atoms with Crippen LogP contribution in [0.3, 0.4) is 0 Å². The Kier molecular flexibility index (Phi) is 7.37. The van der Waals surface area contributed by atoms with Crippen molar-refractivity contribution in [2.45, 2.75) is 69.1 Å². The molecule has 6 heteroatoms. The van der Waals surface area contributed by atoms with E-state index >= 15 is 0 Å². The van der Waals surface area contributed by atoms with Crippen molar-refractivity contribution in [1.29, 1.82) is 0 Å². The van der Waals surface area contributed by atoms with Crippen molar-refractivity contribution in [3.8, 4) is 5.75 Å². The number of benzene rings is 1. The van der Waals surface area contributed by atoms with Gasteiger partial charge in [-0.05, 0) is 67.9 Å². The molecule has 5 nitrogen and oxygen atoms in total. The lowest BCUT2D eigenvalue weighted by Crippen LogP contribution is -2.47. The zero-order chi connectivity index (χ0) is 20.8. The molecule has 0 aromatic heterocycles. The summed E-state index contributed by atoms with van der Waals surface area (Å²) in [6, 6.07) is 6.36. The maximum atomic E-state index is 12.5. The largest absolute Gasteiger partial charge is 0.491 e. The first-order valence-corrected chi connectivity index (χ1v) is 12.6. The SMILES string of the molecule is O=C1CC2(CCCC2)CC(=O)N1CCCCNCCOc1cccc2c1SCCC2. The molecule has 0 bridgehead atoms. The van der Waals surface area contributed by atoms with Crippen molar-refractivity contribution >= 4 is 23.6 Å². The van der Waals surface area contributed by atoms with E-state index in [9.17, 15) is 9.59 Å². The smallest absolute Gasteiger partial charge is 0.229 e. The number of piperidine rings is 1. The number of unbranched alkanes of at least 4 members (excludes halogenated alkanes) is 1. The van der Waals surface area contributed by atoms with E-state index in [-0.39, 0.29) is 17.2 Å². The minimum absolute atomic E-state index is 0.00271. The number of nitrogens with zero attached hydrogens (tertiary/aromatic N) is 1. The second-order valence-electron chi connectivity index (χ2n) is 9.00. The number of likely N-dealkylation sites (tertiary alicyclic amines) is 1. The molecule has 1 saturated carbocycles. The van der Waals surface area contributed by atoms with Crippen LogP contribution in [0.15, 0.2) is 23.1 Å². The maximum Gasteiger partial charge on any atom is 0.229 e. The van der Waals surface area contributed by atoms with Crippen LogP contribution in [0, 0.1) is 5.41 Å². The van der Waals surface area contributed by atoms with Crippen molar-refractivity contribution in [1.82, 2.24) is 10.2 Å². The van der Waals surface area contributed by atoms with Gasteiger partial charge in [0.1, 0.15) is 12.4 Å². The molecule has 1 N–H and O–H groups in total. The number of rotatable bonds is 9. The van der Waals surface area contributed by atoms with Gasteiger partial charge in [-0.25, -0.2) is 0 Å². The molecule has 0 radical (unpaired) electrons. The first kappa shape index (κ1) is 21.7. The Balaban J connectivity index is 1.09. The molecule has 164 valence electrons. The molecule has 1 spiro atoms. The molecule has 2 heterocycles. The summed E-state index contributed by atoms with van der Waals surface area (Å²) in [6.07, 6.45) is 9.82. The standard InChI is InChI=1S/C24H34N2O3S/c27-21-17-24(10-1-2-11-24)18-22(28)26(21)14-4-3-12-25-13-15-29-20-9-5-7-19-8-6-16-30-23(19)20/h5,7,9,25H,1-4,6,8,10-18H2. The highest BCUT2D eigenvalue weighted by Crippen LogP contribution is 2.46. The number of ether oxygens (including phenoxy) is 1. The summed E-state index contributed by atoms with van der Waals surface area (Å²) < 4.78 is 6.00. The second kappa shape index (κ2) is 10.2. The fraction of sp³-hybridized carbons (Fsp3) is 0.667. The van der Waals surface area contributed by atoms with Gasteiger partial charge in [-0.1, -0.05) is 25.0 Å². The van der Waals surface area contributed by atoms with Crippen molar-refractivity contribution in [2.24, 2.45) is 5.41 Å². The Hall–Kier alpha value is -1.53. The van der Waals surface area contributed by atoms with Crippen LogP contribution in [0.4, 0.5) is 0 Å². The number of imide groups is 1. The average molecular weight is 431 g/mol. The van der Waals surface area contributed by atoms with E-state index in [1.165, 1.54) is 40.4 Å². The van der Waals surface area contributed by atoms with Crippen molar-refractivity contribution in [2.75, 3.05) is 32.0 Å². The number of thioether (sulfide) groups is 1. The highest BCUT2D eigenvalue weighted by Gasteiger charge is 2.44. The van der Waals surface area contributed by atoms with Crippen molar-refractivity contribution in [3.05, 3.63) is 23.8 Å². The second-order valence-corrected chi connectivity index (χ2v) is 10.1. The molecule has 4 rings (SSSR count). The lowest BCUT2D eigenvalue weighted by molar-refractivity contribution is -0.153. The first-order valence-electron chi connectivity index (χ1n) is 11.6. The summed E-state index contributed by atoms with van der Waals surface area (Å²) in [5, 5.41) is 3.42. The summed E-state index contributed by atoms with van der Waals surface area (Å²) in [5.74, 6) is 2.30. The van der Waals surface area contributed by atoms with Crippen molar-refractivity contribution in [3.63, 3.8) is 0 Å². The van der Waals surface area contributed by atoms with Crippen LogP contribution in [0.1, 0.15) is 63.4 Å². The molecular weight excluding hydrogens is 396 g/mol.